The molecule has 2 aromatic heterocycles. The first kappa shape index (κ1) is 30.5. The molecule has 8 nitrogen and oxygen atoms in total. The Morgan fingerprint density at radius 1 is 0.571 bits per heavy atom. The molecule has 0 fully saturated rings. The van der Waals surface area contributed by atoms with Gasteiger partial charge < -0.3 is 10.6 Å². The van der Waals surface area contributed by atoms with Crippen molar-refractivity contribution in [2.75, 3.05) is 10.6 Å². The number of aromatic nitrogens is 4. The summed E-state index contributed by atoms with van der Waals surface area (Å²) in [7, 11) is 0. The molecule has 2 N–H and O–H groups in total. The maximum Gasteiger partial charge on any atom is 0.256 e. The molecule has 0 spiro atoms. The number of anilines is 2. The summed E-state index contributed by atoms with van der Waals surface area (Å²) < 4.78 is 0. The van der Waals surface area contributed by atoms with E-state index in [-0.39, 0.29) is 23.5 Å². The van der Waals surface area contributed by atoms with Crippen molar-refractivity contribution in [1.29, 1.82) is 0 Å². The maximum atomic E-state index is 13.2. The molecule has 0 saturated carbocycles. The Morgan fingerprint density at radius 3 is 1.36 bits per heavy atom. The predicted molar refractivity (Wildman–Crippen MR) is 168 cm³/mol. The summed E-state index contributed by atoms with van der Waals surface area (Å²) >= 11 is 0. The topological polar surface area (TPSA) is 110 Å². The maximum absolute atomic E-state index is 13.2. The minimum atomic E-state index is -0.305. The number of nitrogens with one attached hydrogen (secondary N) is 2. The van der Waals surface area contributed by atoms with Gasteiger partial charge in [-0.15, -0.1) is 0 Å². The van der Waals surface area contributed by atoms with Crippen LogP contribution in [0.3, 0.4) is 0 Å². The van der Waals surface area contributed by atoms with Crippen LogP contribution in [0.25, 0.3) is 11.4 Å². The molecule has 0 radical (unpaired) electrons. The lowest BCUT2D eigenvalue weighted by Gasteiger charge is -2.15. The molecule has 0 atom stereocenters. The number of rotatable bonds is 15. The van der Waals surface area contributed by atoms with E-state index in [1.165, 1.54) is 0 Å². The number of aryl methyl sites for hydroxylation is 2. The summed E-state index contributed by atoms with van der Waals surface area (Å²) in [6, 6.07) is 17.9. The van der Waals surface area contributed by atoms with Crippen molar-refractivity contribution in [3.8, 4) is 11.4 Å². The third-order valence-corrected chi connectivity index (χ3v) is 6.98. The largest absolute Gasteiger partial charge is 0.305 e. The lowest BCUT2D eigenvalue weighted by molar-refractivity contribution is 0.101. The van der Waals surface area contributed by atoms with Crippen molar-refractivity contribution in [1.82, 2.24) is 19.9 Å². The number of benzene rings is 2. The van der Waals surface area contributed by atoms with Gasteiger partial charge in [0.15, 0.2) is 11.6 Å². The zero-order chi connectivity index (χ0) is 29.6. The molecule has 2 heterocycles. The number of hydrogen-bond donors (Lipinski definition) is 2. The van der Waals surface area contributed by atoms with E-state index < -0.39 is 0 Å². The third-order valence-electron chi connectivity index (χ3n) is 6.98. The van der Waals surface area contributed by atoms with Crippen molar-refractivity contribution < 1.29 is 9.59 Å². The van der Waals surface area contributed by atoms with Gasteiger partial charge in [-0.1, -0.05) is 88.8 Å². The van der Waals surface area contributed by atoms with Crippen LogP contribution in [0.1, 0.15) is 97.3 Å². The van der Waals surface area contributed by atoms with Gasteiger partial charge >= 0.3 is 0 Å². The van der Waals surface area contributed by atoms with Gasteiger partial charge in [-0.2, -0.15) is 0 Å². The van der Waals surface area contributed by atoms with Crippen molar-refractivity contribution >= 4 is 23.5 Å². The van der Waals surface area contributed by atoms with Gasteiger partial charge in [0.25, 0.3) is 11.8 Å². The number of carbonyl (C=O) groups excluding carboxylic acids is 2. The number of unbranched alkanes of at least 4 members (excludes halogenated alkanes) is 6. The minimum Gasteiger partial charge on any atom is -0.305 e. The van der Waals surface area contributed by atoms with Crippen LogP contribution in [0, 0.1) is 0 Å². The molecule has 0 bridgehead atoms. The second-order valence-electron chi connectivity index (χ2n) is 10.4. The number of amides is 2. The van der Waals surface area contributed by atoms with Crippen molar-refractivity contribution in [2.45, 2.75) is 78.1 Å². The fourth-order valence-corrected chi connectivity index (χ4v) is 4.61. The highest BCUT2D eigenvalue weighted by molar-refractivity contribution is 6.07. The summed E-state index contributed by atoms with van der Waals surface area (Å²) in [6.07, 6.45) is 13.7. The van der Waals surface area contributed by atoms with E-state index in [9.17, 15) is 9.59 Å². The van der Waals surface area contributed by atoms with E-state index in [1.807, 2.05) is 36.4 Å². The quantitative estimate of drug-likeness (QED) is 0.143. The van der Waals surface area contributed by atoms with E-state index in [2.05, 4.69) is 34.4 Å². The molecule has 2 aromatic carbocycles. The SMILES string of the molecule is CCCCCCc1cnc(NC(=O)c2ccccc2)c(-c2nc(CCCCCC)cnc2NC(=O)c2ccccc2)n1. The first-order valence-corrected chi connectivity index (χ1v) is 15.0. The Balaban J connectivity index is 1.74. The second kappa shape index (κ2) is 16.1. The van der Waals surface area contributed by atoms with E-state index in [0.717, 1.165) is 75.6 Å². The van der Waals surface area contributed by atoms with E-state index >= 15 is 0 Å². The fraction of sp³-hybridized carbons (Fsp3) is 0.353. The average Bonchev–Trinajstić information content (AvgIpc) is 3.03. The molecule has 8 heteroatoms. The van der Waals surface area contributed by atoms with Gasteiger partial charge in [0, 0.05) is 11.1 Å². The van der Waals surface area contributed by atoms with Crippen molar-refractivity contribution in [2.24, 2.45) is 0 Å². The van der Waals surface area contributed by atoms with Crippen LogP contribution >= 0.6 is 0 Å². The first-order chi connectivity index (χ1) is 20.6. The Morgan fingerprint density at radius 2 is 0.976 bits per heavy atom. The molecule has 0 saturated heterocycles. The van der Waals surface area contributed by atoms with E-state index in [4.69, 9.17) is 9.97 Å². The molecule has 0 unspecified atom stereocenters. The lowest BCUT2D eigenvalue weighted by Crippen LogP contribution is -2.17. The number of nitrogens with zero attached hydrogens (tertiary/aromatic N) is 4. The molecule has 42 heavy (non-hydrogen) atoms. The molecule has 0 aliphatic heterocycles. The molecule has 4 rings (SSSR count). The van der Waals surface area contributed by atoms with Gasteiger partial charge in [-0.05, 0) is 49.9 Å². The van der Waals surface area contributed by atoms with E-state index in [1.54, 1.807) is 36.7 Å². The highest BCUT2D eigenvalue weighted by Crippen LogP contribution is 2.30. The van der Waals surface area contributed by atoms with Crippen LogP contribution < -0.4 is 10.6 Å². The molecular weight excluding hydrogens is 524 g/mol. The van der Waals surface area contributed by atoms with Crippen molar-refractivity contribution in [3.05, 3.63) is 95.6 Å². The molecule has 0 aliphatic rings. The Kier molecular flexibility index (Phi) is 11.7. The van der Waals surface area contributed by atoms with Crippen LogP contribution in [0.15, 0.2) is 73.1 Å². The summed E-state index contributed by atoms with van der Waals surface area (Å²) in [5.74, 6) is -0.0663. The normalized spacial score (nSPS) is 10.8. The smallest absolute Gasteiger partial charge is 0.256 e. The van der Waals surface area contributed by atoms with E-state index in [0.29, 0.717) is 22.5 Å². The molecule has 218 valence electrons. The van der Waals surface area contributed by atoms with Gasteiger partial charge in [-0.3, -0.25) is 9.59 Å². The van der Waals surface area contributed by atoms with Gasteiger partial charge in [-0.25, -0.2) is 19.9 Å². The summed E-state index contributed by atoms with van der Waals surface area (Å²) in [5, 5.41) is 5.85. The Hall–Kier alpha value is -4.46. The Bertz CT molecular complexity index is 1330. The molecular formula is C34H40N6O2. The number of hydrogen-bond acceptors (Lipinski definition) is 6. The predicted octanol–water partition coefficient (Wildman–Crippen LogP) is 7.68. The minimum absolute atomic E-state index is 0.272. The lowest BCUT2D eigenvalue weighted by atomic mass is 10.1. The standard InChI is InChI=1S/C34H40N6O2/c1-3-5-7-15-21-27-23-35-31(39-33(41)25-17-11-9-12-18-25)29(37-27)30-32(40-34(42)26-19-13-10-14-20-26)36-24-28(38-30)22-16-8-6-4-2/h9-14,17-20,23-24H,3-8,15-16,21-22H2,1-2H3,(H,35,39,41)(H,36,40,42). The average molecular weight is 565 g/mol. The fourth-order valence-electron chi connectivity index (χ4n) is 4.61. The first-order valence-electron chi connectivity index (χ1n) is 15.0. The molecule has 4 aromatic rings. The zero-order valence-corrected chi connectivity index (χ0v) is 24.6. The van der Waals surface area contributed by atoms with Crippen LogP contribution in [0.2, 0.25) is 0 Å². The summed E-state index contributed by atoms with van der Waals surface area (Å²) in [5.41, 5.74) is 3.38. The second-order valence-corrected chi connectivity index (χ2v) is 10.4. The highest BCUT2D eigenvalue weighted by Gasteiger charge is 2.21. The number of carbonyl (C=O) groups is 2. The Labute approximate surface area is 248 Å². The highest BCUT2D eigenvalue weighted by atomic mass is 16.2. The monoisotopic (exact) mass is 564 g/mol. The summed E-state index contributed by atoms with van der Waals surface area (Å²) in [4.78, 5) is 45.5. The zero-order valence-electron chi connectivity index (χ0n) is 24.6. The van der Waals surface area contributed by atoms with Crippen LogP contribution in [-0.4, -0.2) is 31.8 Å². The van der Waals surface area contributed by atoms with Gasteiger partial charge in [0.2, 0.25) is 0 Å². The van der Waals surface area contributed by atoms with Crippen LogP contribution in [0.4, 0.5) is 11.6 Å². The van der Waals surface area contributed by atoms with Gasteiger partial charge in [0.1, 0.15) is 11.4 Å². The molecule has 2 amide bonds. The van der Waals surface area contributed by atoms with Crippen LogP contribution in [0.5, 0.6) is 0 Å². The third kappa shape index (κ3) is 8.77. The van der Waals surface area contributed by atoms with Crippen LogP contribution in [-0.2, 0) is 12.8 Å². The molecule has 0 aliphatic carbocycles. The van der Waals surface area contributed by atoms with Crippen molar-refractivity contribution in [3.63, 3.8) is 0 Å². The summed E-state index contributed by atoms with van der Waals surface area (Å²) in [6.45, 7) is 4.36. The van der Waals surface area contributed by atoms with Gasteiger partial charge in [0.05, 0.1) is 23.8 Å².